The molecule has 0 atom stereocenters. The molecule has 3 heterocycles. The summed E-state index contributed by atoms with van der Waals surface area (Å²) in [5.74, 6) is -3.10. The van der Waals surface area contributed by atoms with Crippen LogP contribution in [0.2, 0.25) is 0 Å². The van der Waals surface area contributed by atoms with Crippen molar-refractivity contribution in [2.45, 2.75) is 19.5 Å². The fourth-order valence-electron chi connectivity index (χ4n) is 3.02. The van der Waals surface area contributed by atoms with Crippen LogP contribution >= 0.6 is 0 Å². The van der Waals surface area contributed by atoms with Crippen LogP contribution in [-0.2, 0) is 11.2 Å². The Morgan fingerprint density at radius 2 is 1.84 bits per heavy atom. The van der Waals surface area contributed by atoms with Gasteiger partial charge < -0.3 is 15.4 Å². The van der Waals surface area contributed by atoms with Crippen molar-refractivity contribution in [1.29, 1.82) is 0 Å². The molecule has 10 heteroatoms. The number of H-pyrrole nitrogens is 1. The molecular weight excluding hydrogens is 418 g/mol. The smallest absolute Gasteiger partial charge is 0.475 e. The molecule has 1 aliphatic heterocycles. The second-order valence-electron chi connectivity index (χ2n) is 6.80. The van der Waals surface area contributed by atoms with Crippen LogP contribution in [-0.4, -0.2) is 39.7 Å². The second kappa shape index (κ2) is 8.58. The summed E-state index contributed by atoms with van der Waals surface area (Å²) in [6.07, 6.45) is -2.64. The van der Waals surface area contributed by atoms with Crippen molar-refractivity contribution in [2.24, 2.45) is 0 Å². The lowest BCUT2D eigenvalue weighted by Crippen LogP contribution is -2.31. The van der Waals surface area contributed by atoms with Crippen molar-refractivity contribution in [3.05, 3.63) is 65.2 Å². The number of carbonyl (C=O) groups is 2. The third-order valence-corrected chi connectivity index (χ3v) is 4.52. The number of aromatic nitrogens is 2. The number of carboxylic acids is 1. The number of aromatic amines is 1. The van der Waals surface area contributed by atoms with Gasteiger partial charge in [0.1, 0.15) is 5.82 Å². The normalized spacial score (nSPS) is 13.0. The zero-order valence-corrected chi connectivity index (χ0v) is 16.2. The van der Waals surface area contributed by atoms with Gasteiger partial charge >= 0.3 is 12.1 Å². The Kier molecular flexibility index (Phi) is 6.09. The number of carbonyl (C=O) groups excluding carboxylic acids is 1. The molecule has 0 radical (unpaired) electrons. The molecular formula is C21H17F4N3O3. The van der Waals surface area contributed by atoms with Crippen LogP contribution in [0, 0.1) is 12.7 Å². The first kappa shape index (κ1) is 22.0. The van der Waals surface area contributed by atoms with Crippen molar-refractivity contribution in [3.8, 4) is 22.5 Å². The molecule has 3 N–H and O–H groups in total. The van der Waals surface area contributed by atoms with Gasteiger partial charge in [0.2, 0.25) is 0 Å². The van der Waals surface area contributed by atoms with Crippen LogP contribution in [0.4, 0.5) is 17.6 Å². The molecule has 6 nitrogen and oxygen atoms in total. The highest BCUT2D eigenvalue weighted by Gasteiger charge is 2.38. The van der Waals surface area contributed by atoms with E-state index in [1.54, 1.807) is 12.3 Å². The van der Waals surface area contributed by atoms with E-state index >= 15 is 0 Å². The SMILES string of the molecule is Cc1ccc(-c2cc(-c3cc4c([nH]3)CCNC4=O)ccn2)c(F)c1.O=C(O)C(F)(F)F. The van der Waals surface area contributed by atoms with Crippen LogP contribution in [0.15, 0.2) is 42.6 Å². The first-order valence-corrected chi connectivity index (χ1v) is 9.09. The van der Waals surface area contributed by atoms with Gasteiger partial charge in [-0.15, -0.1) is 0 Å². The van der Waals surface area contributed by atoms with Crippen molar-refractivity contribution >= 4 is 11.9 Å². The minimum atomic E-state index is -5.08. The minimum absolute atomic E-state index is 0.0578. The van der Waals surface area contributed by atoms with Crippen LogP contribution in [0.25, 0.3) is 22.5 Å². The van der Waals surface area contributed by atoms with Gasteiger partial charge in [0, 0.05) is 41.7 Å². The summed E-state index contributed by atoms with van der Waals surface area (Å²) in [5.41, 5.74) is 5.24. The number of nitrogens with one attached hydrogen (secondary N) is 2. The third-order valence-electron chi connectivity index (χ3n) is 4.52. The quantitative estimate of drug-likeness (QED) is 0.528. The molecule has 3 aromatic rings. The van der Waals surface area contributed by atoms with Gasteiger partial charge in [0.05, 0.1) is 11.3 Å². The average molecular weight is 435 g/mol. The Hall–Kier alpha value is -3.69. The van der Waals surface area contributed by atoms with Gasteiger partial charge in [0.25, 0.3) is 5.91 Å². The largest absolute Gasteiger partial charge is 0.490 e. The molecule has 0 fully saturated rings. The van der Waals surface area contributed by atoms with Crippen molar-refractivity contribution in [3.63, 3.8) is 0 Å². The zero-order valence-electron chi connectivity index (χ0n) is 16.2. The van der Waals surface area contributed by atoms with E-state index in [2.05, 4.69) is 15.3 Å². The van der Waals surface area contributed by atoms with E-state index in [9.17, 15) is 22.4 Å². The van der Waals surface area contributed by atoms with Gasteiger partial charge in [-0.05, 0) is 42.8 Å². The van der Waals surface area contributed by atoms with Gasteiger partial charge in [-0.2, -0.15) is 13.2 Å². The molecule has 1 aliphatic rings. The average Bonchev–Trinajstić information content (AvgIpc) is 3.14. The highest BCUT2D eigenvalue weighted by atomic mass is 19.4. The third kappa shape index (κ3) is 5.08. The van der Waals surface area contributed by atoms with E-state index in [1.165, 1.54) is 6.07 Å². The Morgan fingerprint density at radius 3 is 2.45 bits per heavy atom. The van der Waals surface area contributed by atoms with E-state index in [0.29, 0.717) is 23.4 Å². The summed E-state index contributed by atoms with van der Waals surface area (Å²) in [6, 6.07) is 10.6. The second-order valence-corrected chi connectivity index (χ2v) is 6.80. The minimum Gasteiger partial charge on any atom is -0.475 e. The van der Waals surface area contributed by atoms with E-state index in [1.807, 2.05) is 31.2 Å². The van der Waals surface area contributed by atoms with Gasteiger partial charge in [0.15, 0.2) is 0 Å². The standard InChI is InChI=1S/C19H16FN3O.C2HF3O2/c1-11-2-3-13(15(20)8-11)18-9-12(4-6-21-18)17-10-14-16(23-17)5-7-22-19(14)24;3-2(4,5)1(6)7/h2-4,6,8-10,23H,5,7H2,1H3,(H,22,24);(H,6,7). The molecule has 0 aliphatic carbocycles. The number of aryl methyl sites for hydroxylation is 1. The fourth-order valence-corrected chi connectivity index (χ4v) is 3.02. The topological polar surface area (TPSA) is 95.1 Å². The molecule has 1 aromatic carbocycles. The van der Waals surface area contributed by atoms with Gasteiger partial charge in [-0.3, -0.25) is 9.78 Å². The Balaban J connectivity index is 0.000000339. The van der Waals surface area contributed by atoms with Crippen LogP contribution in [0.3, 0.4) is 0 Å². The molecule has 0 spiro atoms. The first-order valence-electron chi connectivity index (χ1n) is 9.09. The van der Waals surface area contributed by atoms with Crippen LogP contribution in [0.1, 0.15) is 21.6 Å². The van der Waals surface area contributed by atoms with E-state index in [-0.39, 0.29) is 11.7 Å². The van der Waals surface area contributed by atoms with E-state index < -0.39 is 12.1 Å². The summed E-state index contributed by atoms with van der Waals surface area (Å²) in [7, 11) is 0. The monoisotopic (exact) mass is 435 g/mol. The number of carboxylic acid groups (broad SMARTS) is 1. The zero-order chi connectivity index (χ0) is 22.8. The molecule has 4 rings (SSSR count). The number of nitrogens with zero attached hydrogens (tertiary/aromatic N) is 1. The molecule has 162 valence electrons. The summed E-state index contributed by atoms with van der Waals surface area (Å²) in [6.45, 7) is 2.49. The number of amides is 1. The lowest BCUT2D eigenvalue weighted by molar-refractivity contribution is -0.192. The van der Waals surface area contributed by atoms with Crippen LogP contribution < -0.4 is 5.32 Å². The van der Waals surface area contributed by atoms with E-state index in [4.69, 9.17) is 9.90 Å². The highest BCUT2D eigenvalue weighted by molar-refractivity contribution is 5.97. The van der Waals surface area contributed by atoms with Crippen molar-refractivity contribution in [2.75, 3.05) is 6.54 Å². The molecule has 0 unspecified atom stereocenters. The first-order chi connectivity index (χ1) is 14.6. The number of pyridine rings is 1. The predicted octanol–water partition coefficient (Wildman–Crippen LogP) is 4.11. The summed E-state index contributed by atoms with van der Waals surface area (Å²) in [5, 5.41) is 9.96. The highest BCUT2D eigenvalue weighted by Crippen LogP contribution is 2.28. The van der Waals surface area contributed by atoms with E-state index in [0.717, 1.165) is 28.9 Å². The van der Waals surface area contributed by atoms with Crippen LogP contribution in [0.5, 0.6) is 0 Å². The Bertz CT molecular complexity index is 1140. The molecule has 0 bridgehead atoms. The number of rotatable bonds is 2. The summed E-state index contributed by atoms with van der Waals surface area (Å²) in [4.78, 5) is 28.4. The molecule has 1 amide bonds. The number of hydrogen-bond acceptors (Lipinski definition) is 3. The molecule has 31 heavy (non-hydrogen) atoms. The summed E-state index contributed by atoms with van der Waals surface area (Å²) >= 11 is 0. The summed E-state index contributed by atoms with van der Waals surface area (Å²) < 4.78 is 45.9. The number of halogens is 4. The predicted molar refractivity (Wildman–Crippen MR) is 104 cm³/mol. The Labute approximate surface area is 173 Å². The molecule has 0 saturated heterocycles. The number of fused-ring (bicyclic) bond motifs is 1. The van der Waals surface area contributed by atoms with Crippen molar-refractivity contribution < 1.29 is 32.3 Å². The number of hydrogen-bond donors (Lipinski definition) is 3. The maximum atomic E-state index is 14.2. The number of aliphatic carboxylic acids is 1. The lowest BCUT2D eigenvalue weighted by atomic mass is 10.0. The van der Waals surface area contributed by atoms with Crippen molar-refractivity contribution in [1.82, 2.24) is 15.3 Å². The molecule has 0 saturated carbocycles. The maximum absolute atomic E-state index is 14.2. The number of alkyl halides is 3. The lowest BCUT2D eigenvalue weighted by Gasteiger charge is -2.11. The van der Waals surface area contributed by atoms with Gasteiger partial charge in [-0.25, -0.2) is 9.18 Å². The molecule has 2 aromatic heterocycles. The van der Waals surface area contributed by atoms with Gasteiger partial charge in [-0.1, -0.05) is 6.07 Å². The fraction of sp³-hybridized carbons (Fsp3) is 0.190. The maximum Gasteiger partial charge on any atom is 0.490 e. The Morgan fingerprint density at radius 1 is 1.13 bits per heavy atom. The number of benzene rings is 1.